The van der Waals surface area contributed by atoms with Crippen molar-refractivity contribution in [3.8, 4) is 5.75 Å². The predicted molar refractivity (Wildman–Crippen MR) is 143 cm³/mol. The van der Waals surface area contributed by atoms with E-state index in [-0.39, 0.29) is 16.4 Å². The van der Waals surface area contributed by atoms with E-state index < -0.39 is 10.0 Å². The van der Waals surface area contributed by atoms with E-state index in [4.69, 9.17) is 4.74 Å². The molecule has 1 aromatic heterocycles. The summed E-state index contributed by atoms with van der Waals surface area (Å²) in [4.78, 5) is 15.1. The summed E-state index contributed by atoms with van der Waals surface area (Å²) in [5.41, 5.74) is 2.89. The van der Waals surface area contributed by atoms with Gasteiger partial charge in [0.15, 0.2) is 0 Å². The van der Waals surface area contributed by atoms with Crippen LogP contribution >= 0.6 is 0 Å². The summed E-state index contributed by atoms with van der Waals surface area (Å²) in [7, 11) is -2.45. The number of aryl methyl sites for hydroxylation is 1. The number of nitrogens with zero attached hydrogens (tertiary/aromatic N) is 2. The van der Waals surface area contributed by atoms with Gasteiger partial charge in [-0.25, -0.2) is 8.42 Å². The van der Waals surface area contributed by atoms with Gasteiger partial charge in [0.25, 0.3) is 15.9 Å². The summed E-state index contributed by atoms with van der Waals surface area (Å²) < 4.78 is 37.1. The molecule has 0 atom stereocenters. The first kappa shape index (κ1) is 24.2. The Hall–Kier alpha value is -3.52. The molecule has 1 saturated heterocycles. The number of hydrogen-bond donors (Lipinski definition) is 1. The minimum absolute atomic E-state index is 0.0214. The van der Waals surface area contributed by atoms with E-state index >= 15 is 0 Å². The van der Waals surface area contributed by atoms with Crippen LogP contribution in [0.5, 0.6) is 5.75 Å². The first-order valence-electron chi connectivity index (χ1n) is 12.3. The van der Waals surface area contributed by atoms with Crippen LogP contribution in [0.25, 0.3) is 21.8 Å². The fourth-order valence-corrected chi connectivity index (χ4v) is 6.15. The fraction of sp³-hybridized carbons (Fsp3) is 0.321. The molecule has 1 N–H and O–H groups in total. The minimum atomic E-state index is -3.94. The molecular formula is C28H31N3O4S. The van der Waals surface area contributed by atoms with Gasteiger partial charge in [-0.1, -0.05) is 25.1 Å². The number of likely N-dealkylation sites (tertiary alicyclic amines) is 1. The maximum Gasteiger partial charge on any atom is 0.261 e. The number of para-hydroxylation sites is 1. The Labute approximate surface area is 211 Å². The van der Waals surface area contributed by atoms with Crippen LogP contribution in [0.15, 0.2) is 65.6 Å². The van der Waals surface area contributed by atoms with Gasteiger partial charge in [-0.15, -0.1) is 0 Å². The first-order valence-corrected chi connectivity index (χ1v) is 13.8. The Morgan fingerprint density at radius 1 is 1.00 bits per heavy atom. The van der Waals surface area contributed by atoms with E-state index in [0.29, 0.717) is 30.4 Å². The average Bonchev–Trinajstić information content (AvgIpc) is 3.21. The Kier molecular flexibility index (Phi) is 6.38. The van der Waals surface area contributed by atoms with Crippen LogP contribution in [0.2, 0.25) is 0 Å². The van der Waals surface area contributed by atoms with E-state index in [1.165, 1.54) is 19.2 Å². The van der Waals surface area contributed by atoms with Crippen LogP contribution in [0.4, 0.5) is 5.69 Å². The lowest BCUT2D eigenvalue weighted by Crippen LogP contribution is -2.38. The fourth-order valence-electron chi connectivity index (χ4n) is 5.08. The standard InChI is InChI=1S/C28H31N3O4S/c1-4-31-25-8-6-5-7-22(25)23-17-20(9-11-26(23)31)29-36(33,34)21-10-12-27(35-3)24(18-21)28(32)30-15-13-19(2)14-16-30/h5-12,17-19,29H,4,13-16H2,1-3H3. The Morgan fingerprint density at radius 3 is 2.44 bits per heavy atom. The highest BCUT2D eigenvalue weighted by Crippen LogP contribution is 2.32. The molecule has 36 heavy (non-hydrogen) atoms. The summed E-state index contributed by atoms with van der Waals surface area (Å²) in [6.45, 7) is 6.40. The van der Waals surface area contributed by atoms with Crippen molar-refractivity contribution in [2.24, 2.45) is 5.92 Å². The molecule has 3 aromatic carbocycles. The van der Waals surface area contributed by atoms with Gasteiger partial charge in [-0.05, 0) is 68.1 Å². The van der Waals surface area contributed by atoms with Crippen LogP contribution in [-0.2, 0) is 16.6 Å². The van der Waals surface area contributed by atoms with E-state index in [1.54, 1.807) is 17.0 Å². The van der Waals surface area contributed by atoms with Crippen molar-refractivity contribution in [3.63, 3.8) is 0 Å². The molecule has 1 aliphatic rings. The van der Waals surface area contributed by atoms with Crippen molar-refractivity contribution in [3.05, 3.63) is 66.2 Å². The van der Waals surface area contributed by atoms with Crippen LogP contribution in [0.1, 0.15) is 37.0 Å². The highest BCUT2D eigenvalue weighted by Gasteiger charge is 2.26. The molecule has 1 amide bonds. The number of ether oxygens (including phenoxy) is 1. The molecule has 4 aromatic rings. The number of rotatable bonds is 6. The van der Waals surface area contributed by atoms with Gasteiger partial charge in [0.05, 0.1) is 17.6 Å². The molecule has 0 radical (unpaired) electrons. The average molecular weight is 506 g/mol. The smallest absolute Gasteiger partial charge is 0.261 e. The number of nitrogens with one attached hydrogen (secondary N) is 1. The Balaban J connectivity index is 1.48. The monoisotopic (exact) mass is 505 g/mol. The second kappa shape index (κ2) is 9.50. The Morgan fingerprint density at radius 2 is 1.72 bits per heavy atom. The summed E-state index contributed by atoms with van der Waals surface area (Å²) in [6, 6.07) is 18.1. The summed E-state index contributed by atoms with van der Waals surface area (Å²) in [6.07, 6.45) is 1.87. The number of benzene rings is 3. The molecule has 8 heteroatoms. The van der Waals surface area contributed by atoms with Crippen LogP contribution in [0.3, 0.4) is 0 Å². The van der Waals surface area contributed by atoms with E-state index in [2.05, 4.69) is 29.2 Å². The molecule has 0 spiro atoms. The van der Waals surface area contributed by atoms with E-state index in [1.807, 2.05) is 30.3 Å². The lowest BCUT2D eigenvalue weighted by molar-refractivity contribution is 0.0693. The number of amides is 1. The lowest BCUT2D eigenvalue weighted by Gasteiger charge is -2.30. The van der Waals surface area contributed by atoms with Gasteiger partial charge >= 0.3 is 0 Å². The highest BCUT2D eigenvalue weighted by molar-refractivity contribution is 7.92. The SMILES string of the molecule is CCn1c2ccccc2c2cc(NS(=O)(=O)c3ccc(OC)c(C(=O)N4CCC(C)CC4)c3)ccc21. The van der Waals surface area contributed by atoms with Crippen molar-refractivity contribution < 1.29 is 17.9 Å². The third-order valence-electron chi connectivity index (χ3n) is 7.12. The van der Waals surface area contributed by atoms with Crippen LogP contribution in [0, 0.1) is 5.92 Å². The third kappa shape index (κ3) is 4.30. The number of piperidine rings is 1. The molecule has 1 fully saturated rings. The number of sulfonamides is 1. The zero-order chi connectivity index (χ0) is 25.4. The molecule has 0 bridgehead atoms. The molecule has 0 aliphatic carbocycles. The normalized spacial score (nSPS) is 14.9. The molecule has 0 saturated carbocycles. The number of carbonyl (C=O) groups excluding carboxylic acids is 1. The number of methoxy groups -OCH3 is 1. The third-order valence-corrected chi connectivity index (χ3v) is 8.50. The Bertz CT molecular complexity index is 1550. The van der Waals surface area contributed by atoms with Crippen molar-refractivity contribution in [1.29, 1.82) is 0 Å². The summed E-state index contributed by atoms with van der Waals surface area (Å²) >= 11 is 0. The number of anilines is 1. The second-order valence-electron chi connectivity index (χ2n) is 9.44. The molecule has 2 heterocycles. The van der Waals surface area contributed by atoms with Crippen molar-refractivity contribution in [2.45, 2.75) is 38.1 Å². The topological polar surface area (TPSA) is 80.6 Å². The zero-order valence-electron chi connectivity index (χ0n) is 20.8. The van der Waals surface area contributed by atoms with Gasteiger partial charge in [-0.2, -0.15) is 0 Å². The summed E-state index contributed by atoms with van der Waals surface area (Å²) in [5.74, 6) is 0.742. The summed E-state index contributed by atoms with van der Waals surface area (Å²) in [5, 5.41) is 2.06. The largest absolute Gasteiger partial charge is 0.496 e. The van der Waals surface area contributed by atoms with E-state index in [9.17, 15) is 13.2 Å². The number of carbonyl (C=O) groups is 1. The van der Waals surface area contributed by atoms with Gasteiger partial charge in [0.2, 0.25) is 0 Å². The quantitative estimate of drug-likeness (QED) is 0.375. The van der Waals surface area contributed by atoms with Gasteiger partial charge in [0, 0.05) is 47.1 Å². The van der Waals surface area contributed by atoms with Crippen molar-refractivity contribution in [1.82, 2.24) is 9.47 Å². The minimum Gasteiger partial charge on any atom is -0.496 e. The molecule has 5 rings (SSSR count). The zero-order valence-corrected chi connectivity index (χ0v) is 21.6. The van der Waals surface area contributed by atoms with Gasteiger partial charge < -0.3 is 14.2 Å². The predicted octanol–water partition coefficient (Wildman–Crippen LogP) is 5.50. The second-order valence-corrected chi connectivity index (χ2v) is 11.1. The van der Waals surface area contributed by atoms with E-state index in [0.717, 1.165) is 41.2 Å². The number of aromatic nitrogens is 1. The van der Waals surface area contributed by atoms with Crippen molar-refractivity contribution in [2.75, 3.05) is 24.9 Å². The lowest BCUT2D eigenvalue weighted by atomic mass is 9.98. The van der Waals surface area contributed by atoms with Crippen molar-refractivity contribution >= 4 is 43.4 Å². The number of hydrogen-bond acceptors (Lipinski definition) is 4. The first-order chi connectivity index (χ1) is 17.3. The molecule has 7 nitrogen and oxygen atoms in total. The highest BCUT2D eigenvalue weighted by atomic mass is 32.2. The van der Waals surface area contributed by atoms with Crippen LogP contribution in [-0.4, -0.2) is 44.0 Å². The van der Waals surface area contributed by atoms with Crippen LogP contribution < -0.4 is 9.46 Å². The molecule has 188 valence electrons. The molecular weight excluding hydrogens is 474 g/mol. The maximum absolute atomic E-state index is 13.4. The maximum atomic E-state index is 13.4. The van der Waals surface area contributed by atoms with Gasteiger partial charge in [0.1, 0.15) is 5.75 Å². The van der Waals surface area contributed by atoms with Gasteiger partial charge in [-0.3, -0.25) is 9.52 Å². The molecule has 1 aliphatic heterocycles. The number of fused-ring (bicyclic) bond motifs is 3. The molecule has 0 unspecified atom stereocenters.